The number of likely N-dealkylation sites (N-methyl/N-ethyl adjacent to an activating group) is 1. The van der Waals surface area contributed by atoms with Crippen LogP contribution in [0.15, 0.2) is 42.5 Å². The number of halogens is 2. The van der Waals surface area contributed by atoms with Crippen molar-refractivity contribution in [2.24, 2.45) is 0 Å². The van der Waals surface area contributed by atoms with Crippen LogP contribution in [0.2, 0.25) is 10.0 Å². The predicted octanol–water partition coefficient (Wildman–Crippen LogP) is 5.61. The summed E-state index contributed by atoms with van der Waals surface area (Å²) in [4.78, 5) is 2.23. The number of benzene rings is 2. The Morgan fingerprint density at radius 3 is 2.00 bits per heavy atom. The molecular formula is C21H27Cl2NOS. The zero-order valence-electron chi connectivity index (χ0n) is 15.6. The van der Waals surface area contributed by atoms with Gasteiger partial charge in [-0.15, -0.1) is 0 Å². The Labute approximate surface area is 170 Å². The van der Waals surface area contributed by atoms with Crippen molar-refractivity contribution in [3.8, 4) is 0 Å². The molecule has 1 aromatic carbocycles. The maximum atomic E-state index is 10.4. The second-order valence-electron chi connectivity index (χ2n) is 6.76. The summed E-state index contributed by atoms with van der Waals surface area (Å²) in [5.41, 5.74) is 0.370. The van der Waals surface area contributed by atoms with E-state index < -0.39 is 5.60 Å². The first-order valence-corrected chi connectivity index (χ1v) is 10.8. The van der Waals surface area contributed by atoms with Crippen molar-refractivity contribution in [2.45, 2.75) is 32.1 Å². The van der Waals surface area contributed by atoms with Crippen LogP contribution in [0.3, 0.4) is 0 Å². The second-order valence-corrected chi connectivity index (χ2v) is 8.59. The Balaban J connectivity index is 0.000000331. The van der Waals surface area contributed by atoms with Gasteiger partial charge in [0.25, 0.3) is 0 Å². The molecule has 0 spiro atoms. The summed E-state index contributed by atoms with van der Waals surface area (Å²) in [7, 11) is 0. The van der Waals surface area contributed by atoms with Gasteiger partial charge in [-0.05, 0) is 48.1 Å². The van der Waals surface area contributed by atoms with E-state index in [1.165, 1.54) is 10.4 Å². The maximum absolute atomic E-state index is 10.4. The fraction of sp³-hybridized carbons (Fsp3) is 0.429. The summed E-state index contributed by atoms with van der Waals surface area (Å²) in [5, 5.41) is 14.6. The molecule has 0 bridgehead atoms. The lowest BCUT2D eigenvalue weighted by atomic mass is 10.1. The average molecular weight is 412 g/mol. The molecule has 1 unspecified atom stereocenters. The first kappa shape index (κ1) is 21.6. The highest BCUT2D eigenvalue weighted by atomic mass is 35.5. The van der Waals surface area contributed by atoms with Crippen LogP contribution < -0.4 is 0 Å². The van der Waals surface area contributed by atoms with Gasteiger partial charge in [0.2, 0.25) is 0 Å². The molecule has 0 aliphatic heterocycles. The lowest BCUT2D eigenvalue weighted by Gasteiger charge is -2.30. The topological polar surface area (TPSA) is 23.5 Å². The Hall–Kier alpha value is -0.710. The van der Waals surface area contributed by atoms with E-state index in [9.17, 15) is 5.11 Å². The summed E-state index contributed by atoms with van der Waals surface area (Å²) in [5.74, 6) is 1.47. The Morgan fingerprint density at radius 2 is 1.58 bits per heavy atom. The highest BCUT2D eigenvalue weighted by molar-refractivity contribution is 7.98. The molecule has 0 aromatic heterocycles. The Morgan fingerprint density at radius 1 is 1.00 bits per heavy atom. The zero-order valence-corrected chi connectivity index (χ0v) is 18.0. The molecule has 0 amide bonds. The third kappa shape index (κ3) is 6.47. The van der Waals surface area contributed by atoms with Gasteiger partial charge >= 0.3 is 0 Å². The molecule has 5 heteroatoms. The van der Waals surface area contributed by atoms with Crippen LogP contribution >= 0.6 is 35.0 Å². The van der Waals surface area contributed by atoms with Crippen LogP contribution in [0, 0.1) is 10.4 Å². The van der Waals surface area contributed by atoms with Gasteiger partial charge in [-0.25, -0.2) is 0 Å². The number of aliphatic hydroxyl groups is 1. The summed E-state index contributed by atoms with van der Waals surface area (Å²) < 4.78 is 0. The molecule has 0 saturated carbocycles. The maximum Gasteiger partial charge on any atom is 0.0836 e. The SMILES string of the molecule is CCN(CC)CC(C)(O)CSCc1ccc(Cl)cc1Cl.c1cc2ccc1=2. The normalized spacial score (nSPS) is 13.8. The van der Waals surface area contributed by atoms with Gasteiger partial charge in [-0.3, -0.25) is 0 Å². The van der Waals surface area contributed by atoms with Crippen molar-refractivity contribution in [1.29, 1.82) is 0 Å². The van der Waals surface area contributed by atoms with E-state index in [0.717, 1.165) is 24.4 Å². The van der Waals surface area contributed by atoms with Crippen LogP contribution in [0.4, 0.5) is 0 Å². The van der Waals surface area contributed by atoms with Gasteiger partial charge in [0, 0.05) is 28.1 Å². The highest BCUT2D eigenvalue weighted by Crippen LogP contribution is 2.26. The van der Waals surface area contributed by atoms with Gasteiger partial charge in [0.05, 0.1) is 5.60 Å². The summed E-state index contributed by atoms with van der Waals surface area (Å²) in [6.45, 7) is 8.73. The van der Waals surface area contributed by atoms with Crippen LogP contribution in [0.25, 0.3) is 0 Å². The third-order valence-corrected chi connectivity index (χ3v) is 6.29. The number of nitrogens with zero attached hydrogens (tertiary/aromatic N) is 1. The third-order valence-electron chi connectivity index (χ3n) is 4.36. The van der Waals surface area contributed by atoms with Crippen molar-refractivity contribution in [2.75, 3.05) is 25.4 Å². The summed E-state index contributed by atoms with van der Waals surface area (Å²) in [6, 6.07) is 14.0. The van der Waals surface area contributed by atoms with Crippen molar-refractivity contribution in [1.82, 2.24) is 4.90 Å². The molecular weight excluding hydrogens is 385 g/mol. The van der Waals surface area contributed by atoms with Crippen molar-refractivity contribution >= 4 is 35.0 Å². The van der Waals surface area contributed by atoms with Gasteiger partial charge in [0.1, 0.15) is 0 Å². The van der Waals surface area contributed by atoms with Crippen LogP contribution in [0.1, 0.15) is 26.3 Å². The molecule has 1 atom stereocenters. The number of thioether (sulfide) groups is 1. The van der Waals surface area contributed by atoms with E-state index in [1.807, 2.05) is 19.1 Å². The lowest BCUT2D eigenvalue weighted by molar-refractivity contribution is 0.0439. The van der Waals surface area contributed by atoms with Gasteiger partial charge in [-0.2, -0.15) is 11.8 Å². The van der Waals surface area contributed by atoms with E-state index in [0.29, 0.717) is 22.3 Å². The number of hydrogen-bond acceptors (Lipinski definition) is 3. The molecule has 142 valence electrons. The van der Waals surface area contributed by atoms with Crippen molar-refractivity contribution < 1.29 is 5.11 Å². The quantitative estimate of drug-likeness (QED) is 0.521. The largest absolute Gasteiger partial charge is 0.388 e. The summed E-state index contributed by atoms with van der Waals surface area (Å²) in [6.07, 6.45) is 0. The zero-order chi connectivity index (χ0) is 19.2. The van der Waals surface area contributed by atoms with Crippen LogP contribution in [0.5, 0.6) is 0 Å². The highest BCUT2D eigenvalue weighted by Gasteiger charge is 2.22. The van der Waals surface area contributed by atoms with Gasteiger partial charge in [0.15, 0.2) is 0 Å². The number of hydrogen-bond donors (Lipinski definition) is 1. The fourth-order valence-electron chi connectivity index (χ4n) is 2.66. The van der Waals surface area contributed by atoms with Gasteiger partial charge < -0.3 is 10.0 Å². The predicted molar refractivity (Wildman–Crippen MR) is 115 cm³/mol. The summed E-state index contributed by atoms with van der Waals surface area (Å²) >= 11 is 13.7. The molecule has 3 rings (SSSR count). The van der Waals surface area contributed by atoms with E-state index >= 15 is 0 Å². The molecule has 0 heterocycles. The minimum atomic E-state index is -0.685. The standard InChI is InChI=1S/C15H23Cl2NOS.C6H4/c1-4-18(5-2)10-15(3,19)11-20-9-12-6-7-13(16)8-14(12)17;1-2-6-4-3-5(1)6/h6-8,19H,4-5,9-11H2,1-3H3;1-4H. The van der Waals surface area contributed by atoms with Crippen LogP contribution in [-0.2, 0) is 5.75 Å². The smallest absolute Gasteiger partial charge is 0.0836 e. The molecule has 2 nitrogen and oxygen atoms in total. The van der Waals surface area contributed by atoms with E-state index in [1.54, 1.807) is 17.8 Å². The molecule has 2 aliphatic carbocycles. The first-order valence-electron chi connectivity index (χ1n) is 8.91. The molecule has 0 fully saturated rings. The molecule has 26 heavy (non-hydrogen) atoms. The van der Waals surface area contributed by atoms with Crippen LogP contribution in [-0.4, -0.2) is 41.0 Å². The average Bonchev–Trinajstić information content (AvgIpc) is 2.58. The van der Waals surface area contributed by atoms with E-state index in [2.05, 4.69) is 43.0 Å². The van der Waals surface area contributed by atoms with E-state index in [-0.39, 0.29) is 0 Å². The van der Waals surface area contributed by atoms with Gasteiger partial charge in [-0.1, -0.05) is 67.4 Å². The number of rotatable bonds is 8. The van der Waals surface area contributed by atoms with Crippen molar-refractivity contribution in [3.05, 3.63) is 68.5 Å². The second kappa shape index (κ2) is 10.0. The Bertz CT molecular complexity index is 756. The molecule has 0 radical (unpaired) electrons. The minimum Gasteiger partial charge on any atom is -0.388 e. The van der Waals surface area contributed by atoms with E-state index in [4.69, 9.17) is 23.2 Å². The molecule has 0 saturated heterocycles. The minimum absolute atomic E-state index is 0.650. The molecule has 1 N–H and O–H groups in total. The van der Waals surface area contributed by atoms with Crippen molar-refractivity contribution in [3.63, 3.8) is 0 Å². The lowest BCUT2D eigenvalue weighted by Crippen LogP contribution is -2.42. The molecule has 2 aliphatic rings. The first-order chi connectivity index (χ1) is 12.3. The Kier molecular flexibility index (Phi) is 8.31. The monoisotopic (exact) mass is 411 g/mol. The fourth-order valence-corrected chi connectivity index (χ4v) is 4.32. The molecule has 1 aromatic rings.